The molecule has 2 rings (SSSR count). The number of amides is 1. The molecular formula is C17H17N3O3S. The quantitative estimate of drug-likeness (QED) is 0.895. The van der Waals surface area contributed by atoms with Gasteiger partial charge in [-0.2, -0.15) is 5.26 Å². The Hall–Kier alpha value is -2.69. The van der Waals surface area contributed by atoms with Crippen molar-refractivity contribution in [3.8, 4) is 6.07 Å². The van der Waals surface area contributed by atoms with Crippen LogP contribution in [-0.2, 0) is 16.6 Å². The van der Waals surface area contributed by atoms with Gasteiger partial charge in [-0.15, -0.1) is 0 Å². The summed E-state index contributed by atoms with van der Waals surface area (Å²) in [5, 5.41) is 8.78. The van der Waals surface area contributed by atoms with Crippen LogP contribution < -0.4 is 4.72 Å². The lowest BCUT2D eigenvalue weighted by atomic mass is 10.1. The van der Waals surface area contributed by atoms with Gasteiger partial charge < -0.3 is 4.90 Å². The van der Waals surface area contributed by atoms with Crippen molar-refractivity contribution in [1.29, 1.82) is 5.26 Å². The van der Waals surface area contributed by atoms with Gasteiger partial charge in [-0.05, 0) is 49.0 Å². The molecule has 0 saturated carbocycles. The van der Waals surface area contributed by atoms with E-state index in [4.69, 9.17) is 5.26 Å². The van der Waals surface area contributed by atoms with E-state index in [1.54, 1.807) is 31.3 Å². The second kappa shape index (κ2) is 7.25. The maximum Gasteiger partial charge on any atom is 0.253 e. The van der Waals surface area contributed by atoms with Gasteiger partial charge in [0.1, 0.15) is 0 Å². The van der Waals surface area contributed by atoms with Gasteiger partial charge in [0.2, 0.25) is 10.0 Å². The zero-order valence-corrected chi connectivity index (χ0v) is 14.2. The Morgan fingerprint density at radius 3 is 2.21 bits per heavy atom. The first-order valence-electron chi connectivity index (χ1n) is 7.15. The molecule has 0 aliphatic carbocycles. The van der Waals surface area contributed by atoms with Crippen molar-refractivity contribution in [2.45, 2.75) is 11.4 Å². The summed E-state index contributed by atoms with van der Waals surface area (Å²) in [4.78, 5) is 14.0. The molecule has 1 amide bonds. The highest BCUT2D eigenvalue weighted by Crippen LogP contribution is 2.13. The second-order valence-corrected chi connectivity index (χ2v) is 7.09. The van der Waals surface area contributed by atoms with Crippen LogP contribution in [0.3, 0.4) is 0 Å². The molecule has 2 aromatic rings. The maximum atomic E-state index is 12.4. The first-order chi connectivity index (χ1) is 11.4. The molecular weight excluding hydrogens is 326 g/mol. The Balaban J connectivity index is 2.11. The van der Waals surface area contributed by atoms with Crippen LogP contribution in [0.2, 0.25) is 0 Å². The van der Waals surface area contributed by atoms with Crippen LogP contribution in [0, 0.1) is 11.3 Å². The van der Waals surface area contributed by atoms with Crippen LogP contribution >= 0.6 is 0 Å². The largest absolute Gasteiger partial charge is 0.337 e. The van der Waals surface area contributed by atoms with E-state index in [0.29, 0.717) is 17.7 Å². The first kappa shape index (κ1) is 17.7. The zero-order valence-electron chi connectivity index (χ0n) is 13.4. The van der Waals surface area contributed by atoms with Gasteiger partial charge in [0, 0.05) is 19.2 Å². The fourth-order valence-electron chi connectivity index (χ4n) is 2.15. The van der Waals surface area contributed by atoms with Gasteiger partial charge in [-0.1, -0.05) is 12.1 Å². The summed E-state index contributed by atoms with van der Waals surface area (Å²) in [6, 6.07) is 14.8. The topological polar surface area (TPSA) is 90.3 Å². The highest BCUT2D eigenvalue weighted by atomic mass is 32.2. The van der Waals surface area contributed by atoms with E-state index >= 15 is 0 Å². The van der Waals surface area contributed by atoms with Crippen LogP contribution in [0.15, 0.2) is 53.4 Å². The standard InChI is InChI=1S/C17H17N3O3S/c1-19-24(22,23)16-9-7-15(8-10-16)17(21)20(2)12-14-5-3-13(11-18)4-6-14/h3-10,19H,12H2,1-2H3. The molecule has 0 heterocycles. The molecule has 0 saturated heterocycles. The van der Waals surface area contributed by atoms with E-state index in [2.05, 4.69) is 4.72 Å². The molecule has 0 aliphatic heterocycles. The summed E-state index contributed by atoms with van der Waals surface area (Å²) >= 11 is 0. The number of nitriles is 1. The lowest BCUT2D eigenvalue weighted by molar-refractivity contribution is 0.0785. The molecule has 2 aromatic carbocycles. The van der Waals surface area contributed by atoms with Gasteiger partial charge in [0.15, 0.2) is 0 Å². The number of carbonyl (C=O) groups is 1. The smallest absolute Gasteiger partial charge is 0.253 e. The van der Waals surface area contributed by atoms with Crippen LogP contribution in [0.1, 0.15) is 21.5 Å². The summed E-state index contributed by atoms with van der Waals surface area (Å²) in [5.74, 6) is -0.215. The van der Waals surface area contributed by atoms with Crippen molar-refractivity contribution in [1.82, 2.24) is 9.62 Å². The Morgan fingerprint density at radius 1 is 1.12 bits per heavy atom. The summed E-state index contributed by atoms with van der Waals surface area (Å²) in [6.07, 6.45) is 0. The van der Waals surface area contributed by atoms with E-state index in [0.717, 1.165) is 5.56 Å². The number of hydrogen-bond donors (Lipinski definition) is 1. The third kappa shape index (κ3) is 3.98. The fraction of sp³-hybridized carbons (Fsp3) is 0.176. The van der Waals surface area contributed by atoms with Gasteiger partial charge in [-0.3, -0.25) is 4.79 Å². The lowest BCUT2D eigenvalue weighted by Gasteiger charge is -2.17. The molecule has 0 atom stereocenters. The Bertz CT molecular complexity index is 867. The number of rotatable bonds is 5. The predicted octanol–water partition coefficient (Wildman–Crippen LogP) is 1.74. The molecule has 24 heavy (non-hydrogen) atoms. The molecule has 0 fully saturated rings. The number of sulfonamides is 1. The van der Waals surface area contributed by atoms with Crippen molar-refractivity contribution in [2.24, 2.45) is 0 Å². The number of hydrogen-bond acceptors (Lipinski definition) is 4. The SMILES string of the molecule is CNS(=O)(=O)c1ccc(C(=O)N(C)Cc2ccc(C#N)cc2)cc1. The van der Waals surface area contributed by atoms with Crippen LogP contribution in [0.5, 0.6) is 0 Å². The van der Waals surface area contributed by atoms with E-state index < -0.39 is 10.0 Å². The monoisotopic (exact) mass is 343 g/mol. The van der Waals surface area contributed by atoms with Gasteiger partial charge in [0.05, 0.1) is 16.5 Å². The van der Waals surface area contributed by atoms with Gasteiger partial charge >= 0.3 is 0 Å². The molecule has 0 spiro atoms. The van der Waals surface area contributed by atoms with E-state index in [1.807, 2.05) is 6.07 Å². The summed E-state index contributed by atoms with van der Waals surface area (Å²) < 4.78 is 25.6. The van der Waals surface area contributed by atoms with E-state index in [-0.39, 0.29) is 10.8 Å². The maximum absolute atomic E-state index is 12.4. The number of benzene rings is 2. The molecule has 0 aliphatic rings. The lowest BCUT2D eigenvalue weighted by Crippen LogP contribution is -2.26. The number of carbonyl (C=O) groups excluding carboxylic acids is 1. The highest BCUT2D eigenvalue weighted by Gasteiger charge is 2.15. The molecule has 0 aromatic heterocycles. The molecule has 7 heteroatoms. The van der Waals surface area contributed by atoms with E-state index in [1.165, 1.54) is 36.2 Å². The van der Waals surface area contributed by atoms with Crippen molar-refractivity contribution in [3.63, 3.8) is 0 Å². The number of nitrogens with zero attached hydrogens (tertiary/aromatic N) is 2. The molecule has 1 N–H and O–H groups in total. The van der Waals surface area contributed by atoms with Crippen LogP contribution in [-0.4, -0.2) is 33.3 Å². The molecule has 0 radical (unpaired) electrons. The molecule has 124 valence electrons. The predicted molar refractivity (Wildman–Crippen MR) is 89.6 cm³/mol. The van der Waals surface area contributed by atoms with Gasteiger partial charge in [0.25, 0.3) is 5.91 Å². The van der Waals surface area contributed by atoms with Crippen molar-refractivity contribution >= 4 is 15.9 Å². The summed E-state index contributed by atoms with van der Waals surface area (Å²) in [6.45, 7) is 0.390. The minimum atomic E-state index is -3.52. The van der Waals surface area contributed by atoms with Crippen LogP contribution in [0.25, 0.3) is 0 Å². The second-order valence-electron chi connectivity index (χ2n) is 5.20. The normalized spacial score (nSPS) is 10.9. The highest BCUT2D eigenvalue weighted by molar-refractivity contribution is 7.89. The average molecular weight is 343 g/mol. The van der Waals surface area contributed by atoms with Gasteiger partial charge in [-0.25, -0.2) is 13.1 Å². The summed E-state index contributed by atoms with van der Waals surface area (Å²) in [5.41, 5.74) is 1.87. The molecule has 6 nitrogen and oxygen atoms in total. The van der Waals surface area contributed by atoms with Crippen molar-refractivity contribution in [3.05, 3.63) is 65.2 Å². The van der Waals surface area contributed by atoms with Crippen molar-refractivity contribution in [2.75, 3.05) is 14.1 Å². The first-order valence-corrected chi connectivity index (χ1v) is 8.64. The summed E-state index contributed by atoms with van der Waals surface area (Å²) in [7, 11) is -0.519. The van der Waals surface area contributed by atoms with Crippen LogP contribution in [0.4, 0.5) is 0 Å². The van der Waals surface area contributed by atoms with E-state index in [9.17, 15) is 13.2 Å². The molecule has 0 bridgehead atoms. The Labute approximate surface area is 141 Å². The fourth-order valence-corrected chi connectivity index (χ4v) is 2.88. The minimum absolute atomic E-state index is 0.108. The third-order valence-corrected chi connectivity index (χ3v) is 4.96. The Morgan fingerprint density at radius 2 is 1.71 bits per heavy atom. The zero-order chi connectivity index (χ0) is 17.7. The molecule has 0 unspecified atom stereocenters. The third-order valence-electron chi connectivity index (χ3n) is 3.53. The van der Waals surface area contributed by atoms with Crippen molar-refractivity contribution < 1.29 is 13.2 Å². The average Bonchev–Trinajstić information content (AvgIpc) is 2.61. The minimum Gasteiger partial charge on any atom is -0.337 e. The Kier molecular flexibility index (Phi) is 5.34. The number of nitrogens with one attached hydrogen (secondary N) is 1.